The summed E-state index contributed by atoms with van der Waals surface area (Å²) in [5.41, 5.74) is 2.71. The molecule has 0 aliphatic carbocycles. The molecule has 0 fully saturated rings. The van der Waals surface area contributed by atoms with E-state index in [9.17, 15) is 4.79 Å². The number of benzene rings is 1. The second-order valence-corrected chi connectivity index (χ2v) is 8.49. The predicted octanol–water partition coefficient (Wildman–Crippen LogP) is 5.93. The lowest BCUT2D eigenvalue weighted by molar-refractivity contribution is 0.0862. The Balaban J connectivity index is 1.54. The van der Waals surface area contributed by atoms with Crippen molar-refractivity contribution in [1.29, 1.82) is 0 Å². The van der Waals surface area contributed by atoms with Gasteiger partial charge in [0.2, 0.25) is 0 Å². The van der Waals surface area contributed by atoms with Gasteiger partial charge in [-0.2, -0.15) is 0 Å². The van der Waals surface area contributed by atoms with Gasteiger partial charge in [0, 0.05) is 18.4 Å². The van der Waals surface area contributed by atoms with Crippen LogP contribution in [-0.2, 0) is 6.42 Å². The summed E-state index contributed by atoms with van der Waals surface area (Å²) in [5.74, 6) is 2.21. The molecule has 30 heavy (non-hydrogen) atoms. The zero-order chi connectivity index (χ0) is 21.5. The van der Waals surface area contributed by atoms with Crippen LogP contribution >= 0.6 is 0 Å². The molecule has 3 aromatic rings. The highest BCUT2D eigenvalue weighted by molar-refractivity contribution is 5.86. The highest BCUT2D eigenvalue weighted by Gasteiger charge is 2.44. The van der Waals surface area contributed by atoms with E-state index < -0.39 is 5.60 Å². The fourth-order valence-corrected chi connectivity index (χ4v) is 4.21. The summed E-state index contributed by atoms with van der Waals surface area (Å²) in [6.07, 6.45) is 6.47. The van der Waals surface area contributed by atoms with Crippen LogP contribution < -0.4 is 15.1 Å². The molecule has 0 N–H and O–H groups in total. The van der Waals surface area contributed by atoms with Crippen LogP contribution in [0.5, 0.6) is 11.5 Å². The molecule has 3 heterocycles. The molecule has 5 nitrogen and oxygen atoms in total. The fraction of sp³-hybridized carbons (Fsp3) is 0.400. The average molecular weight is 408 g/mol. The summed E-state index contributed by atoms with van der Waals surface area (Å²) < 4.78 is 22.8. The van der Waals surface area contributed by atoms with Crippen molar-refractivity contribution in [2.75, 3.05) is 7.11 Å². The van der Waals surface area contributed by atoms with E-state index in [4.69, 9.17) is 18.3 Å². The minimum atomic E-state index is -0.469. The quantitative estimate of drug-likeness (QED) is 0.374. The maximum Gasteiger partial charge on any atom is 0.343 e. The molecule has 0 saturated heterocycles. The van der Waals surface area contributed by atoms with Crippen LogP contribution in [0, 0.1) is 6.92 Å². The Kier molecular flexibility index (Phi) is 5.22. The van der Waals surface area contributed by atoms with E-state index in [0.717, 1.165) is 36.0 Å². The van der Waals surface area contributed by atoms with Gasteiger partial charge in [-0.3, -0.25) is 0 Å². The van der Waals surface area contributed by atoms with Crippen LogP contribution in [0.4, 0.5) is 0 Å². The van der Waals surface area contributed by atoms with Crippen molar-refractivity contribution >= 4 is 11.0 Å². The third-order valence-corrected chi connectivity index (χ3v) is 6.16. The number of fused-ring (bicyclic) bond motifs is 3. The molecule has 4 rings (SSSR count). The number of hydrogen-bond acceptors (Lipinski definition) is 5. The number of rotatable bonds is 6. The molecule has 5 heteroatoms. The number of hydrogen-bond donors (Lipinski definition) is 0. The molecular weight excluding hydrogens is 380 g/mol. The molecule has 2 atom stereocenters. The largest absolute Gasteiger partial charge is 0.497 e. The van der Waals surface area contributed by atoms with Gasteiger partial charge >= 0.3 is 5.63 Å². The molecule has 1 aromatic carbocycles. The number of aryl methyl sites for hydroxylation is 1. The molecule has 1 aliphatic rings. The molecule has 0 bridgehead atoms. The minimum absolute atomic E-state index is 0.0586. The molecular formula is C25H28O5. The molecule has 0 saturated carbocycles. The average Bonchev–Trinajstić information content (AvgIpc) is 3.22. The van der Waals surface area contributed by atoms with Crippen LogP contribution in [0.2, 0.25) is 0 Å². The van der Waals surface area contributed by atoms with E-state index in [2.05, 4.69) is 26.0 Å². The summed E-state index contributed by atoms with van der Waals surface area (Å²) in [6, 6.07) is 7.54. The highest BCUT2D eigenvalue weighted by Crippen LogP contribution is 2.48. The van der Waals surface area contributed by atoms with Crippen molar-refractivity contribution in [2.24, 2.45) is 0 Å². The summed E-state index contributed by atoms with van der Waals surface area (Å²) in [6.45, 7) is 8.26. The number of methoxy groups -OCH3 is 1. The first kappa shape index (κ1) is 20.3. The molecule has 0 spiro atoms. The lowest BCUT2D eigenvalue weighted by atomic mass is 9.84. The van der Waals surface area contributed by atoms with E-state index in [-0.39, 0.29) is 11.5 Å². The van der Waals surface area contributed by atoms with E-state index in [1.807, 2.05) is 26.0 Å². The molecule has 1 aliphatic heterocycles. The van der Waals surface area contributed by atoms with Crippen molar-refractivity contribution < 1.29 is 18.3 Å². The molecule has 0 radical (unpaired) electrons. The summed E-state index contributed by atoms with van der Waals surface area (Å²) in [7, 11) is 1.59. The maximum atomic E-state index is 12.7. The van der Waals surface area contributed by atoms with Gasteiger partial charge in [-0.15, -0.1) is 0 Å². The molecule has 158 valence electrons. The van der Waals surface area contributed by atoms with E-state index in [1.54, 1.807) is 19.4 Å². The number of ether oxygens (including phenoxy) is 2. The monoisotopic (exact) mass is 408 g/mol. The fourth-order valence-electron chi connectivity index (χ4n) is 4.21. The Hall–Kier alpha value is -2.95. The van der Waals surface area contributed by atoms with Crippen LogP contribution in [0.15, 0.2) is 55.8 Å². The SMILES string of the molecule is COc1ccc2c3c(c(=O)oc2c1)C(C)C(C)(CC/C=C(\C)Cc1cc(C)co1)O3. The lowest BCUT2D eigenvalue weighted by Gasteiger charge is -2.28. The van der Waals surface area contributed by atoms with Crippen molar-refractivity contribution in [2.45, 2.75) is 58.5 Å². The number of allylic oxidation sites excluding steroid dienone is 2. The first-order valence-electron chi connectivity index (χ1n) is 10.3. The summed E-state index contributed by atoms with van der Waals surface area (Å²) in [5, 5.41) is 0.806. The summed E-state index contributed by atoms with van der Waals surface area (Å²) >= 11 is 0. The third kappa shape index (κ3) is 3.64. The number of furan rings is 1. The van der Waals surface area contributed by atoms with Gasteiger partial charge in [-0.1, -0.05) is 18.6 Å². The van der Waals surface area contributed by atoms with Crippen molar-refractivity contribution in [3.63, 3.8) is 0 Å². The summed E-state index contributed by atoms with van der Waals surface area (Å²) in [4.78, 5) is 12.7. The van der Waals surface area contributed by atoms with Gasteiger partial charge in [0.05, 0.1) is 24.3 Å². The maximum absolute atomic E-state index is 12.7. The van der Waals surface area contributed by atoms with Crippen LogP contribution in [0.25, 0.3) is 11.0 Å². The van der Waals surface area contributed by atoms with Crippen molar-refractivity contribution in [1.82, 2.24) is 0 Å². The Morgan fingerprint density at radius 1 is 1.30 bits per heavy atom. The zero-order valence-electron chi connectivity index (χ0n) is 18.2. The molecule has 0 amide bonds. The first-order valence-corrected chi connectivity index (χ1v) is 10.3. The lowest BCUT2D eigenvalue weighted by Crippen LogP contribution is -2.33. The van der Waals surface area contributed by atoms with Gasteiger partial charge in [0.15, 0.2) is 0 Å². The Bertz CT molecular complexity index is 1170. The third-order valence-electron chi connectivity index (χ3n) is 6.16. The predicted molar refractivity (Wildman–Crippen MR) is 117 cm³/mol. The normalized spacial score (nSPS) is 21.0. The Morgan fingerprint density at radius 2 is 2.10 bits per heavy atom. The Labute approximate surface area is 176 Å². The van der Waals surface area contributed by atoms with Crippen LogP contribution in [-0.4, -0.2) is 12.7 Å². The van der Waals surface area contributed by atoms with Gasteiger partial charge < -0.3 is 18.3 Å². The van der Waals surface area contributed by atoms with E-state index >= 15 is 0 Å². The van der Waals surface area contributed by atoms with Crippen molar-refractivity contribution in [3.8, 4) is 11.5 Å². The van der Waals surface area contributed by atoms with Crippen molar-refractivity contribution in [3.05, 3.63) is 69.5 Å². The second-order valence-electron chi connectivity index (χ2n) is 8.49. The van der Waals surface area contributed by atoms with E-state index in [0.29, 0.717) is 22.6 Å². The topological polar surface area (TPSA) is 61.8 Å². The molecule has 2 unspecified atom stereocenters. The minimum Gasteiger partial charge on any atom is -0.497 e. The highest BCUT2D eigenvalue weighted by atomic mass is 16.5. The van der Waals surface area contributed by atoms with Gasteiger partial charge in [0.25, 0.3) is 0 Å². The standard InChI is InChI=1S/C25H28O5/c1-15(11-19-12-16(2)14-28-19)7-6-10-25(4)17(3)22-23(30-25)20-9-8-18(27-5)13-21(20)29-24(22)26/h7-9,12-14,17H,6,10-11H2,1-5H3/b15-7+. The Morgan fingerprint density at radius 3 is 2.80 bits per heavy atom. The molecule has 2 aromatic heterocycles. The van der Waals surface area contributed by atoms with Gasteiger partial charge in [-0.05, 0) is 57.4 Å². The second kappa shape index (κ2) is 7.71. The van der Waals surface area contributed by atoms with E-state index in [1.165, 1.54) is 5.57 Å². The van der Waals surface area contributed by atoms with Gasteiger partial charge in [-0.25, -0.2) is 4.79 Å². The van der Waals surface area contributed by atoms with Gasteiger partial charge in [0.1, 0.15) is 28.4 Å². The van der Waals surface area contributed by atoms with Crippen LogP contribution in [0.1, 0.15) is 56.4 Å². The zero-order valence-corrected chi connectivity index (χ0v) is 18.2. The smallest absolute Gasteiger partial charge is 0.343 e. The first-order chi connectivity index (χ1) is 14.3. The van der Waals surface area contributed by atoms with Crippen LogP contribution in [0.3, 0.4) is 0 Å².